The van der Waals surface area contributed by atoms with Crippen LogP contribution in [0.25, 0.3) is 11.1 Å². The van der Waals surface area contributed by atoms with Crippen molar-refractivity contribution < 1.29 is 16.8 Å². The summed E-state index contributed by atoms with van der Waals surface area (Å²) in [5, 5.41) is 5.60. The van der Waals surface area contributed by atoms with Gasteiger partial charge in [-0.2, -0.15) is 0 Å². The highest BCUT2D eigenvalue weighted by Gasteiger charge is 2.25. The van der Waals surface area contributed by atoms with E-state index in [2.05, 4.69) is 0 Å². The SMILES string of the molecule is CN(C)S(=O)(=O)c1cc(Cl)ccc1-c1ccc(Cl)cc1S(N)(=O)=O. The van der Waals surface area contributed by atoms with Crippen LogP contribution in [0.5, 0.6) is 0 Å². The molecule has 2 rings (SSSR count). The molecule has 6 nitrogen and oxygen atoms in total. The lowest BCUT2D eigenvalue weighted by molar-refractivity contribution is 0.521. The van der Waals surface area contributed by atoms with Gasteiger partial charge in [0.2, 0.25) is 20.0 Å². The van der Waals surface area contributed by atoms with Gasteiger partial charge >= 0.3 is 0 Å². The second-order valence-electron chi connectivity index (χ2n) is 5.11. The van der Waals surface area contributed by atoms with Gasteiger partial charge in [0.15, 0.2) is 0 Å². The Morgan fingerprint density at radius 1 is 0.833 bits per heavy atom. The highest BCUT2D eigenvalue weighted by Crippen LogP contribution is 2.35. The standard InChI is InChI=1S/C14H14Cl2N2O4S2/c1-18(2)24(21,22)14-8-10(16)4-6-12(14)11-5-3-9(15)7-13(11)23(17,19)20/h3-8H,1-2H3,(H2,17,19,20). The van der Waals surface area contributed by atoms with Crippen LogP contribution in [0.1, 0.15) is 0 Å². The van der Waals surface area contributed by atoms with E-state index in [9.17, 15) is 16.8 Å². The van der Waals surface area contributed by atoms with Crippen molar-refractivity contribution in [1.29, 1.82) is 0 Å². The summed E-state index contributed by atoms with van der Waals surface area (Å²) in [6.45, 7) is 0. The van der Waals surface area contributed by atoms with Crippen LogP contribution in [0, 0.1) is 0 Å². The Balaban J connectivity index is 2.91. The lowest BCUT2D eigenvalue weighted by atomic mass is 10.1. The Kier molecular flexibility index (Phi) is 5.29. The number of hydrogen-bond acceptors (Lipinski definition) is 4. The number of nitrogens with two attached hydrogens (primary N) is 1. The van der Waals surface area contributed by atoms with E-state index in [0.29, 0.717) is 0 Å². The molecular formula is C14H14Cl2N2O4S2. The molecule has 2 aromatic rings. The molecule has 0 atom stereocenters. The molecule has 24 heavy (non-hydrogen) atoms. The Hall–Kier alpha value is -1.16. The summed E-state index contributed by atoms with van der Waals surface area (Å²) in [5.74, 6) is 0. The van der Waals surface area contributed by atoms with Crippen molar-refractivity contribution in [3.05, 3.63) is 46.4 Å². The van der Waals surface area contributed by atoms with Crippen LogP contribution in [-0.2, 0) is 20.0 Å². The first kappa shape index (κ1) is 19.2. The summed E-state index contributed by atoms with van der Waals surface area (Å²) < 4.78 is 49.9. The third kappa shape index (κ3) is 3.74. The predicted molar refractivity (Wildman–Crippen MR) is 94.1 cm³/mol. The van der Waals surface area contributed by atoms with E-state index in [1.807, 2.05) is 0 Å². The first-order valence-corrected chi connectivity index (χ1v) is 10.2. The molecule has 0 unspecified atom stereocenters. The number of hydrogen-bond donors (Lipinski definition) is 1. The van der Waals surface area contributed by atoms with E-state index in [4.69, 9.17) is 28.3 Å². The summed E-state index contributed by atoms with van der Waals surface area (Å²) >= 11 is 11.8. The summed E-state index contributed by atoms with van der Waals surface area (Å²) in [6.07, 6.45) is 0. The average molecular weight is 409 g/mol. The number of primary sulfonamides is 1. The fourth-order valence-corrected chi connectivity index (χ4v) is 4.46. The summed E-state index contributed by atoms with van der Waals surface area (Å²) in [6, 6.07) is 8.18. The lowest BCUT2D eigenvalue weighted by Crippen LogP contribution is -2.23. The van der Waals surface area contributed by atoms with E-state index in [-0.39, 0.29) is 31.0 Å². The van der Waals surface area contributed by atoms with Crippen molar-refractivity contribution in [2.24, 2.45) is 5.14 Å². The maximum Gasteiger partial charge on any atom is 0.243 e. The largest absolute Gasteiger partial charge is 0.243 e. The van der Waals surface area contributed by atoms with Crippen molar-refractivity contribution in [3.8, 4) is 11.1 Å². The Morgan fingerprint density at radius 2 is 1.25 bits per heavy atom. The van der Waals surface area contributed by atoms with Gasteiger partial charge in [-0.25, -0.2) is 26.3 Å². The number of nitrogens with zero attached hydrogens (tertiary/aromatic N) is 1. The number of rotatable bonds is 4. The van der Waals surface area contributed by atoms with Crippen molar-refractivity contribution in [3.63, 3.8) is 0 Å². The van der Waals surface area contributed by atoms with Gasteiger partial charge in [0.05, 0.1) is 9.79 Å². The maximum absolute atomic E-state index is 12.6. The van der Waals surface area contributed by atoms with Crippen LogP contribution in [-0.4, -0.2) is 35.2 Å². The molecule has 2 aromatic carbocycles. The highest BCUT2D eigenvalue weighted by molar-refractivity contribution is 7.89. The Bertz CT molecular complexity index is 1000. The molecule has 0 aliphatic rings. The van der Waals surface area contributed by atoms with Crippen LogP contribution in [0.3, 0.4) is 0 Å². The third-order valence-electron chi connectivity index (χ3n) is 3.24. The van der Waals surface area contributed by atoms with E-state index in [0.717, 1.165) is 4.31 Å². The smallest absolute Gasteiger partial charge is 0.225 e. The monoisotopic (exact) mass is 408 g/mol. The van der Waals surface area contributed by atoms with Gasteiger partial charge in [-0.1, -0.05) is 35.3 Å². The summed E-state index contributed by atoms with van der Waals surface area (Å²) in [5.41, 5.74) is 0.285. The van der Waals surface area contributed by atoms with Crippen molar-refractivity contribution in [2.45, 2.75) is 9.79 Å². The third-order valence-corrected chi connectivity index (χ3v) is 6.52. The van der Waals surface area contributed by atoms with Gasteiger partial charge in [0, 0.05) is 35.3 Å². The molecule has 0 saturated carbocycles. The minimum absolute atomic E-state index is 0.124. The molecule has 0 spiro atoms. The second-order valence-corrected chi connectivity index (χ2v) is 9.64. The van der Waals surface area contributed by atoms with E-state index < -0.39 is 20.0 Å². The zero-order chi connectivity index (χ0) is 18.3. The first-order valence-electron chi connectivity index (χ1n) is 6.49. The van der Waals surface area contributed by atoms with Gasteiger partial charge in [-0.05, 0) is 24.3 Å². The normalized spacial score (nSPS) is 12.6. The van der Waals surface area contributed by atoms with Gasteiger partial charge < -0.3 is 0 Å². The zero-order valence-electron chi connectivity index (χ0n) is 12.7. The number of halogens is 2. The minimum atomic E-state index is -4.12. The van der Waals surface area contributed by atoms with Crippen molar-refractivity contribution in [1.82, 2.24) is 4.31 Å². The molecule has 0 saturated heterocycles. The lowest BCUT2D eigenvalue weighted by Gasteiger charge is -2.17. The quantitative estimate of drug-likeness (QED) is 0.839. The van der Waals surface area contributed by atoms with Gasteiger partial charge in [-0.3, -0.25) is 0 Å². The first-order chi connectivity index (χ1) is 10.9. The molecule has 10 heteroatoms. The van der Waals surface area contributed by atoms with Crippen molar-refractivity contribution >= 4 is 43.2 Å². The number of sulfonamides is 2. The molecular weight excluding hydrogens is 395 g/mol. The molecule has 0 amide bonds. The van der Waals surface area contributed by atoms with Gasteiger partial charge in [0.1, 0.15) is 0 Å². The van der Waals surface area contributed by atoms with E-state index >= 15 is 0 Å². The van der Waals surface area contributed by atoms with Crippen LogP contribution >= 0.6 is 23.2 Å². The minimum Gasteiger partial charge on any atom is -0.225 e. The van der Waals surface area contributed by atoms with E-state index in [1.54, 1.807) is 0 Å². The summed E-state index contributed by atoms with van der Waals surface area (Å²) in [7, 11) is -5.27. The Morgan fingerprint density at radius 3 is 1.67 bits per heavy atom. The van der Waals surface area contributed by atoms with Gasteiger partial charge in [-0.15, -0.1) is 0 Å². The van der Waals surface area contributed by atoms with Crippen LogP contribution in [0.4, 0.5) is 0 Å². The molecule has 0 radical (unpaired) electrons. The Labute approximate surface area is 150 Å². The topological polar surface area (TPSA) is 97.5 Å². The van der Waals surface area contributed by atoms with Crippen LogP contribution in [0.2, 0.25) is 10.0 Å². The predicted octanol–water partition coefficient (Wildman–Crippen LogP) is 2.56. The molecule has 2 N–H and O–H groups in total. The molecule has 130 valence electrons. The maximum atomic E-state index is 12.6. The molecule has 0 heterocycles. The molecule has 0 aromatic heterocycles. The second kappa shape index (κ2) is 6.62. The molecule has 0 aliphatic carbocycles. The molecule has 0 fully saturated rings. The van der Waals surface area contributed by atoms with Crippen LogP contribution < -0.4 is 5.14 Å². The molecule has 0 aliphatic heterocycles. The van der Waals surface area contributed by atoms with Crippen molar-refractivity contribution in [2.75, 3.05) is 14.1 Å². The fraction of sp³-hybridized carbons (Fsp3) is 0.143. The molecule has 0 bridgehead atoms. The van der Waals surface area contributed by atoms with Crippen LogP contribution in [0.15, 0.2) is 46.2 Å². The van der Waals surface area contributed by atoms with Gasteiger partial charge in [0.25, 0.3) is 0 Å². The fourth-order valence-electron chi connectivity index (χ4n) is 2.08. The van der Waals surface area contributed by atoms with E-state index in [1.165, 1.54) is 50.5 Å². The summed E-state index contributed by atoms with van der Waals surface area (Å²) in [4.78, 5) is -0.403. The average Bonchev–Trinajstić information content (AvgIpc) is 2.46. The highest BCUT2D eigenvalue weighted by atomic mass is 35.5. The number of benzene rings is 2. The zero-order valence-corrected chi connectivity index (χ0v) is 15.8.